The number of amides is 4. The fourth-order valence-corrected chi connectivity index (χ4v) is 5.58. The number of benzene rings is 3. The molecule has 5 rings (SSSR count). The largest absolute Gasteiger partial charge is 0.457 e. The van der Waals surface area contributed by atoms with Crippen LogP contribution in [0.15, 0.2) is 90.1 Å². The zero-order chi connectivity index (χ0) is 37.1. The average Bonchev–Trinajstić information content (AvgIpc) is 3.51. The van der Waals surface area contributed by atoms with Crippen molar-refractivity contribution < 1.29 is 36.2 Å². The first-order valence-corrected chi connectivity index (χ1v) is 17.5. The van der Waals surface area contributed by atoms with Gasteiger partial charge < -0.3 is 36.5 Å². The van der Waals surface area contributed by atoms with Crippen molar-refractivity contribution in [2.24, 2.45) is 5.73 Å². The monoisotopic (exact) mass is 733 g/mol. The molecule has 0 aliphatic heterocycles. The molecule has 52 heavy (non-hydrogen) atoms. The van der Waals surface area contributed by atoms with Crippen LogP contribution in [0.25, 0.3) is 22.3 Å². The minimum Gasteiger partial charge on any atom is -0.457 e. The third-order valence-electron chi connectivity index (χ3n) is 7.67. The number of urea groups is 1. The van der Waals surface area contributed by atoms with Crippen LogP contribution in [0.3, 0.4) is 0 Å². The summed E-state index contributed by atoms with van der Waals surface area (Å²) < 4.78 is 48.8. The number of alkyl carbamates (subject to hydrolysis) is 1. The number of hydrogen-bond acceptors (Lipinski definition) is 11. The highest BCUT2D eigenvalue weighted by atomic mass is 32.3. The molecule has 2 aromatic heterocycles. The molecule has 0 radical (unpaired) electrons. The van der Waals surface area contributed by atoms with E-state index in [1.165, 1.54) is 23.4 Å². The van der Waals surface area contributed by atoms with Gasteiger partial charge in [-0.3, -0.25) is 4.79 Å². The van der Waals surface area contributed by atoms with Crippen molar-refractivity contribution in [3.05, 3.63) is 90.8 Å². The minimum absolute atomic E-state index is 0.00235. The smallest absolute Gasteiger partial charge is 0.407 e. The van der Waals surface area contributed by atoms with Crippen LogP contribution in [-0.2, 0) is 21.5 Å². The topological polar surface area (TPSA) is 227 Å². The van der Waals surface area contributed by atoms with E-state index in [2.05, 4.69) is 20.6 Å². The van der Waals surface area contributed by atoms with E-state index in [1.807, 2.05) is 42.5 Å². The van der Waals surface area contributed by atoms with E-state index < -0.39 is 33.2 Å². The predicted octanol–water partition coefficient (Wildman–Crippen LogP) is 3.84. The molecular weight excluding hydrogens is 697 g/mol. The molecular formula is C34H36FN9O7S. The number of anilines is 1. The number of halogens is 1. The maximum absolute atomic E-state index is 13.6. The van der Waals surface area contributed by atoms with Crippen LogP contribution in [0.5, 0.6) is 11.5 Å². The molecule has 4 amide bonds. The number of fused-ring (bicyclic) bond motifs is 1. The van der Waals surface area contributed by atoms with Gasteiger partial charge in [-0.05, 0) is 73.5 Å². The van der Waals surface area contributed by atoms with Gasteiger partial charge >= 0.3 is 22.3 Å². The van der Waals surface area contributed by atoms with Gasteiger partial charge in [0.25, 0.3) is 5.91 Å². The number of carbonyl (C=O) groups excluding carboxylic acids is 3. The van der Waals surface area contributed by atoms with Gasteiger partial charge in [-0.1, -0.05) is 18.2 Å². The zero-order valence-electron chi connectivity index (χ0n) is 27.8. The normalized spacial score (nSPS) is 11.2. The van der Waals surface area contributed by atoms with E-state index in [0.29, 0.717) is 53.2 Å². The fraction of sp³-hybridized carbons (Fsp3) is 0.235. The summed E-state index contributed by atoms with van der Waals surface area (Å²) in [5.74, 6) is 0.992. The molecule has 0 unspecified atom stereocenters. The number of nitrogens with two attached hydrogens (primary N) is 2. The molecule has 18 heteroatoms. The van der Waals surface area contributed by atoms with E-state index in [1.54, 1.807) is 16.8 Å². The Kier molecular flexibility index (Phi) is 12.1. The first kappa shape index (κ1) is 37.0. The highest BCUT2D eigenvalue weighted by Crippen LogP contribution is 2.32. The van der Waals surface area contributed by atoms with Gasteiger partial charge in [0.05, 0.1) is 23.4 Å². The predicted molar refractivity (Wildman–Crippen MR) is 188 cm³/mol. The second-order valence-corrected chi connectivity index (χ2v) is 12.6. The van der Waals surface area contributed by atoms with Crippen LogP contribution >= 0.6 is 0 Å². The van der Waals surface area contributed by atoms with Gasteiger partial charge in [-0.2, -0.15) is 13.5 Å². The van der Waals surface area contributed by atoms with Gasteiger partial charge in [0, 0.05) is 37.3 Å². The Labute approximate surface area is 298 Å². The molecule has 6 N–H and O–H groups in total. The van der Waals surface area contributed by atoms with Crippen molar-refractivity contribution in [3.8, 4) is 22.8 Å². The second-order valence-electron chi connectivity index (χ2n) is 11.3. The number of unbranched alkanes of at least 4 members (excludes halogenated alkanes) is 1. The molecule has 272 valence electrons. The average molecular weight is 734 g/mol. The molecule has 0 spiro atoms. The molecule has 2 heterocycles. The zero-order valence-corrected chi connectivity index (χ0v) is 28.6. The van der Waals surface area contributed by atoms with E-state index >= 15 is 0 Å². The Balaban J connectivity index is 1.31. The molecule has 0 saturated carbocycles. The molecule has 5 aromatic rings. The van der Waals surface area contributed by atoms with Gasteiger partial charge in [0.15, 0.2) is 5.65 Å². The molecule has 0 aliphatic rings. The van der Waals surface area contributed by atoms with Gasteiger partial charge in [0.1, 0.15) is 29.3 Å². The van der Waals surface area contributed by atoms with Crippen molar-refractivity contribution in [2.45, 2.75) is 24.3 Å². The van der Waals surface area contributed by atoms with Gasteiger partial charge in [0.2, 0.25) is 0 Å². The van der Waals surface area contributed by atoms with Crippen LogP contribution in [0.4, 0.5) is 19.3 Å². The summed E-state index contributed by atoms with van der Waals surface area (Å²) in [4.78, 5) is 46.1. The number of aromatic nitrogens is 4. The lowest BCUT2D eigenvalue weighted by molar-refractivity contribution is 0.0746. The molecule has 0 atom stereocenters. The maximum Gasteiger partial charge on any atom is 0.407 e. The summed E-state index contributed by atoms with van der Waals surface area (Å²) in [7, 11) is -4.97. The second kappa shape index (κ2) is 17.1. The summed E-state index contributed by atoms with van der Waals surface area (Å²) in [6.45, 7) is 0.663. The summed E-state index contributed by atoms with van der Waals surface area (Å²) in [6, 6.07) is 20.4. The Morgan fingerprint density at radius 2 is 1.58 bits per heavy atom. The van der Waals surface area contributed by atoms with Crippen LogP contribution in [-0.4, -0.2) is 83.9 Å². The Bertz CT molecular complexity index is 2120. The SMILES string of the molecule is NC(=O)NCCCCOC(=O)NCCN(CCn1nc(-c2ccc(Oc3ccccc3)cc2)c2c(N)ncnc21)C(=O)c1ccc(S(=O)(=O)F)cc1. The van der Waals surface area contributed by atoms with E-state index in [4.69, 9.17) is 26.0 Å². The number of primary amides is 1. The standard InChI is InChI=1S/C34H36FN9O7S/c35-52(48,49)27-14-10-24(11-15-27)32(45)43(18-17-39-34(47)50-21-5-4-16-38-33(37)46)19-20-44-31-28(30(36)40-22-41-31)29(42-44)23-8-12-26(13-9-23)51-25-6-2-1-3-7-25/h1-3,6-15,22H,4-5,16-21H2,(H,39,47)(H2,36,40,41)(H3,37,38,46). The van der Waals surface area contributed by atoms with Crippen molar-refractivity contribution in [2.75, 3.05) is 38.5 Å². The number of nitrogens with zero attached hydrogens (tertiary/aromatic N) is 5. The number of rotatable bonds is 16. The van der Waals surface area contributed by atoms with Crippen molar-refractivity contribution in [3.63, 3.8) is 0 Å². The van der Waals surface area contributed by atoms with E-state index in [0.717, 1.165) is 12.1 Å². The van der Waals surface area contributed by atoms with E-state index in [-0.39, 0.29) is 44.2 Å². The first-order chi connectivity index (χ1) is 25.0. The van der Waals surface area contributed by atoms with Gasteiger partial charge in [-0.25, -0.2) is 24.2 Å². The number of nitrogens with one attached hydrogen (secondary N) is 2. The summed E-state index contributed by atoms with van der Waals surface area (Å²) in [5.41, 5.74) is 13.0. The highest BCUT2D eigenvalue weighted by molar-refractivity contribution is 7.86. The fourth-order valence-electron chi connectivity index (χ4n) is 5.11. The maximum atomic E-state index is 13.6. The first-order valence-electron chi connectivity index (χ1n) is 16.1. The minimum atomic E-state index is -4.97. The lowest BCUT2D eigenvalue weighted by atomic mass is 10.1. The van der Waals surface area contributed by atoms with Gasteiger partial charge in [-0.15, -0.1) is 3.89 Å². The van der Waals surface area contributed by atoms with Crippen LogP contribution in [0, 0.1) is 0 Å². The molecule has 16 nitrogen and oxygen atoms in total. The third kappa shape index (κ3) is 9.90. The molecule has 0 bridgehead atoms. The summed E-state index contributed by atoms with van der Waals surface area (Å²) in [5, 5.41) is 10.3. The highest BCUT2D eigenvalue weighted by Gasteiger charge is 2.21. The Morgan fingerprint density at radius 1 is 0.865 bits per heavy atom. The summed E-state index contributed by atoms with van der Waals surface area (Å²) in [6.07, 6.45) is 1.64. The number of para-hydroxylation sites is 1. The van der Waals surface area contributed by atoms with Crippen LogP contribution < -0.4 is 26.8 Å². The lowest BCUT2D eigenvalue weighted by Gasteiger charge is -2.23. The number of hydrogen-bond donors (Lipinski definition) is 4. The molecule has 0 fully saturated rings. The number of nitrogen functional groups attached to an aromatic ring is 1. The lowest BCUT2D eigenvalue weighted by Crippen LogP contribution is -2.40. The quantitative estimate of drug-likeness (QED) is 0.0841. The van der Waals surface area contributed by atoms with Crippen molar-refractivity contribution in [1.82, 2.24) is 35.3 Å². The summed E-state index contributed by atoms with van der Waals surface area (Å²) >= 11 is 0. The van der Waals surface area contributed by atoms with Crippen LogP contribution in [0.1, 0.15) is 23.2 Å². The Hall–Kier alpha value is -6.30. The number of ether oxygens (including phenoxy) is 2. The van der Waals surface area contributed by atoms with Crippen molar-refractivity contribution in [1.29, 1.82) is 0 Å². The Morgan fingerprint density at radius 3 is 2.27 bits per heavy atom. The van der Waals surface area contributed by atoms with E-state index in [9.17, 15) is 26.7 Å². The molecule has 0 aliphatic carbocycles. The van der Waals surface area contributed by atoms with Crippen LogP contribution in [0.2, 0.25) is 0 Å². The number of carbonyl (C=O) groups is 3. The molecule has 0 saturated heterocycles. The van der Waals surface area contributed by atoms with Crippen molar-refractivity contribution >= 4 is 45.1 Å². The molecule has 3 aromatic carbocycles. The third-order valence-corrected chi connectivity index (χ3v) is 8.51.